The van der Waals surface area contributed by atoms with Crippen LogP contribution in [0.1, 0.15) is 43.9 Å². The molecule has 0 aliphatic heterocycles. The molecular weight excluding hydrogens is 254 g/mol. The Labute approximate surface area is 118 Å². The molecule has 2 aromatic rings. The molecule has 4 heteroatoms. The largest absolute Gasteiger partial charge is 0.464 e. The zero-order valence-corrected chi connectivity index (χ0v) is 12.0. The molecule has 0 spiro atoms. The van der Waals surface area contributed by atoms with Crippen molar-refractivity contribution in [1.29, 1.82) is 0 Å². The van der Waals surface area contributed by atoms with E-state index in [2.05, 4.69) is 18.8 Å². The lowest BCUT2D eigenvalue weighted by Gasteiger charge is -2.13. The average molecular weight is 273 g/mol. The molecule has 1 heterocycles. The number of benzene rings is 1. The van der Waals surface area contributed by atoms with Gasteiger partial charge in [-0.15, -0.1) is 0 Å². The fourth-order valence-corrected chi connectivity index (χ4v) is 2.21. The molecule has 0 radical (unpaired) electrons. The van der Waals surface area contributed by atoms with Crippen LogP contribution in [0, 0.1) is 0 Å². The molecule has 1 unspecified atom stereocenters. The Morgan fingerprint density at radius 1 is 1.35 bits per heavy atom. The maximum atomic E-state index is 11.6. The summed E-state index contributed by atoms with van der Waals surface area (Å²) < 4.78 is 4.83. The summed E-state index contributed by atoms with van der Waals surface area (Å²) in [4.78, 5) is 15.8. The number of hydrogen-bond acceptors (Lipinski definition) is 4. The minimum absolute atomic E-state index is 0.253. The Hall–Kier alpha value is -1.94. The van der Waals surface area contributed by atoms with Gasteiger partial charge in [0.25, 0.3) is 0 Å². The van der Waals surface area contributed by atoms with Crippen molar-refractivity contribution in [1.82, 2.24) is 4.98 Å². The second-order valence-corrected chi connectivity index (χ2v) is 5.02. The third kappa shape index (κ3) is 2.80. The number of carbonyl (C=O) groups is 1. The Morgan fingerprint density at radius 2 is 2.10 bits per heavy atom. The molecule has 0 aliphatic rings. The summed E-state index contributed by atoms with van der Waals surface area (Å²) in [5.41, 5.74) is 1.68. The second-order valence-electron chi connectivity index (χ2n) is 5.02. The van der Waals surface area contributed by atoms with Gasteiger partial charge in [0, 0.05) is 17.8 Å². The number of nitrogens with zero attached hydrogens (tertiary/aromatic N) is 1. The lowest BCUT2D eigenvalue weighted by atomic mass is 9.96. The minimum atomic E-state index is -1.25. The number of hydrogen-bond donors (Lipinski definition) is 1. The first-order valence-electron chi connectivity index (χ1n) is 6.76. The number of aromatic nitrogens is 1. The topological polar surface area (TPSA) is 59.4 Å². The van der Waals surface area contributed by atoms with Crippen molar-refractivity contribution in [3.63, 3.8) is 0 Å². The van der Waals surface area contributed by atoms with E-state index in [9.17, 15) is 9.90 Å². The van der Waals surface area contributed by atoms with Crippen LogP contribution in [0.4, 0.5) is 0 Å². The third-order valence-electron chi connectivity index (χ3n) is 3.26. The monoisotopic (exact) mass is 273 g/mol. The molecule has 1 N–H and O–H groups in total. The number of carbonyl (C=O) groups excluding carboxylic acids is 1. The summed E-state index contributed by atoms with van der Waals surface area (Å²) in [5.74, 6) is -0.258. The van der Waals surface area contributed by atoms with Gasteiger partial charge in [-0.2, -0.15) is 0 Å². The Kier molecular flexibility index (Phi) is 4.35. The highest BCUT2D eigenvalue weighted by atomic mass is 16.5. The highest BCUT2D eigenvalue weighted by Crippen LogP contribution is 2.27. The van der Waals surface area contributed by atoms with Gasteiger partial charge >= 0.3 is 5.97 Å². The van der Waals surface area contributed by atoms with E-state index in [-0.39, 0.29) is 6.61 Å². The normalized spacial score (nSPS) is 12.7. The highest BCUT2D eigenvalue weighted by Gasteiger charge is 2.19. The van der Waals surface area contributed by atoms with Crippen molar-refractivity contribution in [2.45, 2.75) is 32.8 Å². The van der Waals surface area contributed by atoms with Crippen molar-refractivity contribution in [2.24, 2.45) is 0 Å². The molecule has 4 nitrogen and oxygen atoms in total. The Bertz CT molecular complexity index is 622. The van der Waals surface area contributed by atoms with Gasteiger partial charge in [0.1, 0.15) is 0 Å². The number of esters is 1. The molecule has 0 saturated heterocycles. The van der Waals surface area contributed by atoms with Gasteiger partial charge in [0.05, 0.1) is 6.61 Å². The molecule has 0 fully saturated rings. The summed E-state index contributed by atoms with van der Waals surface area (Å²) in [5, 5.41) is 12.0. The SMILES string of the molecule is CCOC(=O)C(O)c1ccc2c(C(C)C)cncc2c1. The van der Waals surface area contributed by atoms with Crippen molar-refractivity contribution in [3.05, 3.63) is 41.7 Å². The zero-order valence-electron chi connectivity index (χ0n) is 12.0. The number of rotatable bonds is 4. The van der Waals surface area contributed by atoms with Crippen LogP contribution in [0.5, 0.6) is 0 Å². The Balaban J connectivity index is 2.42. The van der Waals surface area contributed by atoms with E-state index in [1.807, 2.05) is 12.3 Å². The van der Waals surface area contributed by atoms with Crippen LogP contribution in [0.2, 0.25) is 0 Å². The maximum absolute atomic E-state index is 11.6. The molecule has 0 bridgehead atoms. The predicted molar refractivity (Wildman–Crippen MR) is 77.4 cm³/mol. The minimum Gasteiger partial charge on any atom is -0.464 e. The van der Waals surface area contributed by atoms with Gasteiger partial charge < -0.3 is 9.84 Å². The number of aliphatic hydroxyl groups is 1. The van der Waals surface area contributed by atoms with Crippen molar-refractivity contribution >= 4 is 16.7 Å². The number of aliphatic hydroxyl groups excluding tert-OH is 1. The molecule has 0 aliphatic carbocycles. The van der Waals surface area contributed by atoms with Gasteiger partial charge in [0.15, 0.2) is 6.10 Å². The lowest BCUT2D eigenvalue weighted by Crippen LogP contribution is -2.15. The first-order chi connectivity index (χ1) is 9.54. The molecule has 106 valence electrons. The first kappa shape index (κ1) is 14.5. The van der Waals surface area contributed by atoms with Gasteiger partial charge in [-0.25, -0.2) is 4.79 Å². The van der Waals surface area contributed by atoms with Gasteiger partial charge in [-0.05, 0) is 35.4 Å². The number of pyridine rings is 1. The molecule has 1 aromatic carbocycles. The fourth-order valence-electron chi connectivity index (χ4n) is 2.21. The van der Waals surface area contributed by atoms with E-state index in [4.69, 9.17) is 4.74 Å². The summed E-state index contributed by atoms with van der Waals surface area (Å²) in [6, 6.07) is 5.47. The first-order valence-corrected chi connectivity index (χ1v) is 6.76. The zero-order chi connectivity index (χ0) is 14.7. The summed E-state index contributed by atoms with van der Waals surface area (Å²) >= 11 is 0. The third-order valence-corrected chi connectivity index (χ3v) is 3.26. The van der Waals surface area contributed by atoms with Crippen LogP contribution >= 0.6 is 0 Å². The molecule has 0 amide bonds. The molecule has 0 saturated carbocycles. The van der Waals surface area contributed by atoms with Crippen LogP contribution in [-0.2, 0) is 9.53 Å². The summed E-state index contributed by atoms with van der Waals surface area (Å²) in [6.07, 6.45) is 2.35. The molecular formula is C16H19NO3. The Morgan fingerprint density at radius 3 is 2.75 bits per heavy atom. The van der Waals surface area contributed by atoms with Crippen LogP contribution < -0.4 is 0 Å². The molecule has 1 atom stereocenters. The molecule has 1 aromatic heterocycles. The molecule has 20 heavy (non-hydrogen) atoms. The smallest absolute Gasteiger partial charge is 0.339 e. The molecule has 2 rings (SSSR count). The van der Waals surface area contributed by atoms with Crippen molar-refractivity contribution in [2.75, 3.05) is 6.61 Å². The predicted octanol–water partition coefficient (Wildman–Crippen LogP) is 2.95. The van der Waals surface area contributed by atoms with Crippen LogP contribution in [-0.4, -0.2) is 22.7 Å². The van der Waals surface area contributed by atoms with E-state index in [1.165, 1.54) is 0 Å². The summed E-state index contributed by atoms with van der Waals surface area (Å²) in [7, 11) is 0. The van der Waals surface area contributed by atoms with Crippen LogP contribution in [0.15, 0.2) is 30.6 Å². The van der Waals surface area contributed by atoms with Crippen molar-refractivity contribution in [3.8, 4) is 0 Å². The van der Waals surface area contributed by atoms with E-state index in [1.54, 1.807) is 25.3 Å². The standard InChI is InChI=1S/C16H19NO3/c1-4-20-16(19)15(18)11-5-6-13-12(7-11)8-17-9-14(13)10(2)3/h5-10,15,18H,4H2,1-3H3. The number of fused-ring (bicyclic) bond motifs is 1. The van der Waals surface area contributed by atoms with Crippen LogP contribution in [0.3, 0.4) is 0 Å². The summed E-state index contributed by atoms with van der Waals surface area (Å²) in [6.45, 7) is 6.18. The average Bonchev–Trinajstić information content (AvgIpc) is 2.45. The van der Waals surface area contributed by atoms with E-state index < -0.39 is 12.1 Å². The van der Waals surface area contributed by atoms with Gasteiger partial charge in [-0.1, -0.05) is 26.0 Å². The van der Waals surface area contributed by atoms with Crippen molar-refractivity contribution < 1.29 is 14.6 Å². The quantitative estimate of drug-likeness (QED) is 0.870. The number of ether oxygens (including phenoxy) is 1. The lowest BCUT2D eigenvalue weighted by molar-refractivity contribution is -0.153. The van der Waals surface area contributed by atoms with Crippen LogP contribution in [0.25, 0.3) is 10.8 Å². The second kappa shape index (κ2) is 6.01. The highest BCUT2D eigenvalue weighted by molar-refractivity contribution is 5.87. The van der Waals surface area contributed by atoms with E-state index in [0.717, 1.165) is 16.3 Å². The van der Waals surface area contributed by atoms with Gasteiger partial charge in [-0.3, -0.25) is 4.98 Å². The maximum Gasteiger partial charge on any atom is 0.339 e. The fraction of sp³-hybridized carbons (Fsp3) is 0.375. The van der Waals surface area contributed by atoms with E-state index >= 15 is 0 Å². The van der Waals surface area contributed by atoms with Gasteiger partial charge in [0.2, 0.25) is 0 Å². The van der Waals surface area contributed by atoms with E-state index in [0.29, 0.717) is 11.5 Å².